The Hall–Kier alpha value is -2.07. The van der Waals surface area contributed by atoms with Crippen molar-refractivity contribution in [2.24, 2.45) is 0 Å². The number of H-pyrrole nitrogens is 1. The van der Waals surface area contributed by atoms with Gasteiger partial charge in [0.1, 0.15) is 17.7 Å². The van der Waals surface area contributed by atoms with Crippen LogP contribution in [0.5, 0.6) is 0 Å². The van der Waals surface area contributed by atoms with Gasteiger partial charge >= 0.3 is 0 Å². The number of aromatic nitrogens is 2. The zero-order valence-corrected chi connectivity index (χ0v) is 10.5. The summed E-state index contributed by atoms with van der Waals surface area (Å²) in [7, 11) is 0. The molecule has 1 fully saturated rings. The molecule has 2 heterocycles. The Balaban J connectivity index is 1.64. The second-order valence-electron chi connectivity index (χ2n) is 5.06. The summed E-state index contributed by atoms with van der Waals surface area (Å²) in [6.45, 7) is 0.855. The molecule has 1 saturated carbocycles. The highest BCUT2D eigenvalue weighted by Crippen LogP contribution is 2.28. The van der Waals surface area contributed by atoms with Crippen LogP contribution in [0.25, 0.3) is 22.4 Å². The fourth-order valence-electron chi connectivity index (χ4n) is 2.29. The molecule has 0 atom stereocenters. The molecule has 0 bridgehead atoms. The van der Waals surface area contributed by atoms with E-state index in [1.807, 2.05) is 24.4 Å². The number of nitrogens with zero attached hydrogens (tertiary/aromatic N) is 1. The zero-order chi connectivity index (χ0) is 12.7. The summed E-state index contributed by atoms with van der Waals surface area (Å²) in [5, 5.41) is 4.57. The van der Waals surface area contributed by atoms with Crippen LogP contribution < -0.4 is 5.32 Å². The lowest BCUT2D eigenvalue weighted by molar-refractivity contribution is 0.616. The Bertz CT molecular complexity index is 709. The summed E-state index contributed by atoms with van der Waals surface area (Å²) in [5.41, 5.74) is 3.03. The number of fused-ring (bicyclic) bond motifs is 1. The fourth-order valence-corrected chi connectivity index (χ4v) is 2.29. The molecule has 0 spiro atoms. The van der Waals surface area contributed by atoms with Crippen LogP contribution in [-0.2, 0) is 6.54 Å². The zero-order valence-electron chi connectivity index (χ0n) is 10.5. The molecule has 2 N–H and O–H groups in total. The smallest absolute Gasteiger partial charge is 0.141 e. The number of imidazole rings is 1. The van der Waals surface area contributed by atoms with Crippen LogP contribution in [0.4, 0.5) is 0 Å². The highest BCUT2D eigenvalue weighted by atomic mass is 16.3. The van der Waals surface area contributed by atoms with Gasteiger partial charge in [0, 0.05) is 29.9 Å². The first kappa shape index (κ1) is 10.8. The van der Waals surface area contributed by atoms with Crippen molar-refractivity contribution in [2.75, 3.05) is 0 Å². The first-order valence-electron chi connectivity index (χ1n) is 6.64. The van der Waals surface area contributed by atoms with Gasteiger partial charge in [-0.2, -0.15) is 0 Å². The third kappa shape index (κ3) is 2.04. The Labute approximate surface area is 110 Å². The molecule has 4 rings (SSSR count). The maximum absolute atomic E-state index is 5.55. The lowest BCUT2D eigenvalue weighted by atomic mass is 10.2. The van der Waals surface area contributed by atoms with Gasteiger partial charge in [-0.1, -0.05) is 18.2 Å². The highest BCUT2D eigenvalue weighted by molar-refractivity contribution is 5.91. The minimum absolute atomic E-state index is 0.710. The van der Waals surface area contributed by atoms with Crippen LogP contribution in [0.2, 0.25) is 0 Å². The molecule has 0 unspecified atom stereocenters. The van der Waals surface area contributed by atoms with E-state index in [9.17, 15) is 0 Å². The predicted octanol–water partition coefficient (Wildman–Crippen LogP) is 3.07. The van der Waals surface area contributed by atoms with Crippen molar-refractivity contribution >= 4 is 11.0 Å². The second-order valence-corrected chi connectivity index (χ2v) is 5.06. The molecule has 96 valence electrons. The van der Waals surface area contributed by atoms with Gasteiger partial charge in [0.15, 0.2) is 0 Å². The molecule has 0 saturated heterocycles. The number of benzene rings is 1. The molecular weight excluding hydrogens is 238 g/mol. The number of rotatable bonds is 4. The van der Waals surface area contributed by atoms with Crippen LogP contribution in [0.3, 0.4) is 0 Å². The number of hydrogen-bond acceptors (Lipinski definition) is 3. The van der Waals surface area contributed by atoms with Crippen LogP contribution in [0.15, 0.2) is 41.1 Å². The summed E-state index contributed by atoms with van der Waals surface area (Å²) in [6, 6.07) is 8.72. The Morgan fingerprint density at radius 1 is 1.32 bits per heavy atom. The molecule has 0 radical (unpaired) electrons. The quantitative estimate of drug-likeness (QED) is 0.751. The van der Waals surface area contributed by atoms with E-state index in [1.54, 1.807) is 6.26 Å². The molecule has 0 aliphatic heterocycles. The molecular formula is C15H15N3O. The summed E-state index contributed by atoms with van der Waals surface area (Å²) < 4.78 is 5.55. The first-order valence-corrected chi connectivity index (χ1v) is 6.64. The van der Waals surface area contributed by atoms with E-state index in [-0.39, 0.29) is 0 Å². The maximum atomic E-state index is 5.55. The standard InChI is InChI=1S/C15H15N3O/c1-2-4-14-12(3-1)13(9-19-14)15-17-8-11(18-15)7-16-10-5-6-10/h1-4,8-10,16H,5-7H2,(H,17,18). The van der Waals surface area contributed by atoms with Crippen molar-refractivity contribution < 1.29 is 4.42 Å². The van der Waals surface area contributed by atoms with Gasteiger partial charge in [0.05, 0.1) is 5.56 Å². The summed E-state index contributed by atoms with van der Waals surface area (Å²) in [5.74, 6) is 0.873. The van der Waals surface area contributed by atoms with E-state index >= 15 is 0 Å². The molecule has 3 aromatic rings. The van der Waals surface area contributed by atoms with Gasteiger partial charge in [-0.15, -0.1) is 0 Å². The third-order valence-corrected chi connectivity index (χ3v) is 3.52. The van der Waals surface area contributed by atoms with Gasteiger partial charge in [0.2, 0.25) is 0 Å². The van der Waals surface area contributed by atoms with E-state index < -0.39 is 0 Å². The third-order valence-electron chi connectivity index (χ3n) is 3.52. The minimum atomic E-state index is 0.710. The number of aromatic amines is 1. The molecule has 1 aliphatic rings. The van der Waals surface area contributed by atoms with Crippen LogP contribution in [0, 0.1) is 0 Å². The van der Waals surface area contributed by atoms with Gasteiger partial charge in [-0.3, -0.25) is 0 Å². The van der Waals surface area contributed by atoms with Crippen LogP contribution >= 0.6 is 0 Å². The minimum Gasteiger partial charge on any atom is -0.464 e. The van der Waals surface area contributed by atoms with E-state index in [4.69, 9.17) is 4.42 Å². The maximum Gasteiger partial charge on any atom is 0.141 e. The van der Waals surface area contributed by atoms with E-state index in [0.29, 0.717) is 6.04 Å². The number of furan rings is 1. The monoisotopic (exact) mass is 253 g/mol. The van der Waals surface area contributed by atoms with E-state index in [2.05, 4.69) is 21.4 Å². The van der Waals surface area contributed by atoms with E-state index in [0.717, 1.165) is 34.6 Å². The Morgan fingerprint density at radius 3 is 3.11 bits per heavy atom. The Kier molecular flexibility index (Phi) is 2.42. The molecule has 2 aromatic heterocycles. The fraction of sp³-hybridized carbons (Fsp3) is 0.267. The Morgan fingerprint density at radius 2 is 2.21 bits per heavy atom. The first-order chi connectivity index (χ1) is 9.40. The SMILES string of the molecule is c1ccc2c(-c3ncc(CNC4CC4)[nH]3)coc2c1. The van der Waals surface area contributed by atoms with Gasteiger partial charge in [-0.05, 0) is 18.9 Å². The van der Waals surface area contributed by atoms with Crippen molar-refractivity contribution in [2.45, 2.75) is 25.4 Å². The molecule has 19 heavy (non-hydrogen) atoms. The molecule has 0 amide bonds. The van der Waals surface area contributed by atoms with Gasteiger partial charge in [-0.25, -0.2) is 4.98 Å². The molecule has 1 aliphatic carbocycles. The van der Waals surface area contributed by atoms with Crippen molar-refractivity contribution in [3.8, 4) is 11.4 Å². The summed E-state index contributed by atoms with van der Waals surface area (Å²) >= 11 is 0. The summed E-state index contributed by atoms with van der Waals surface area (Å²) in [4.78, 5) is 7.81. The normalized spacial score (nSPS) is 15.2. The average Bonchev–Trinajstić information content (AvgIpc) is 3.00. The largest absolute Gasteiger partial charge is 0.464 e. The van der Waals surface area contributed by atoms with Crippen molar-refractivity contribution in [3.05, 3.63) is 42.4 Å². The molecule has 4 nitrogen and oxygen atoms in total. The van der Waals surface area contributed by atoms with Crippen LogP contribution in [-0.4, -0.2) is 16.0 Å². The van der Waals surface area contributed by atoms with Crippen molar-refractivity contribution in [1.82, 2.24) is 15.3 Å². The average molecular weight is 253 g/mol. The van der Waals surface area contributed by atoms with E-state index in [1.165, 1.54) is 12.8 Å². The van der Waals surface area contributed by atoms with Gasteiger partial charge < -0.3 is 14.7 Å². The number of nitrogens with one attached hydrogen (secondary N) is 2. The number of hydrogen-bond donors (Lipinski definition) is 2. The lowest BCUT2D eigenvalue weighted by Crippen LogP contribution is -2.15. The molecule has 1 aromatic carbocycles. The lowest BCUT2D eigenvalue weighted by Gasteiger charge is -1.98. The summed E-state index contributed by atoms with van der Waals surface area (Å²) in [6.07, 6.45) is 6.26. The van der Waals surface area contributed by atoms with Crippen LogP contribution in [0.1, 0.15) is 18.5 Å². The highest BCUT2D eigenvalue weighted by Gasteiger charge is 2.20. The molecule has 4 heteroatoms. The van der Waals surface area contributed by atoms with Crippen molar-refractivity contribution in [3.63, 3.8) is 0 Å². The topological polar surface area (TPSA) is 53.9 Å². The van der Waals surface area contributed by atoms with Crippen molar-refractivity contribution in [1.29, 1.82) is 0 Å². The number of para-hydroxylation sites is 1. The predicted molar refractivity (Wildman–Crippen MR) is 73.7 cm³/mol. The van der Waals surface area contributed by atoms with Gasteiger partial charge in [0.25, 0.3) is 0 Å². The second kappa shape index (κ2) is 4.24.